The summed E-state index contributed by atoms with van der Waals surface area (Å²) in [5, 5.41) is 0. The predicted molar refractivity (Wildman–Crippen MR) is 165 cm³/mol. The maximum atomic E-state index is 14.0. The Morgan fingerprint density at radius 1 is 0.833 bits per heavy atom. The number of aryl methyl sites for hydroxylation is 1. The summed E-state index contributed by atoms with van der Waals surface area (Å²) in [5.74, 6) is -0.447. The van der Waals surface area contributed by atoms with E-state index in [1.54, 1.807) is 17.6 Å². The van der Waals surface area contributed by atoms with Gasteiger partial charge < -0.3 is 9.47 Å². The molecule has 0 fully saturated rings. The van der Waals surface area contributed by atoms with Crippen LogP contribution in [0, 0.1) is 0 Å². The molecular formula is C35H38N2O5. The van der Waals surface area contributed by atoms with E-state index < -0.39 is 17.1 Å². The summed E-state index contributed by atoms with van der Waals surface area (Å²) >= 11 is 0. The molecule has 0 amide bonds. The molecule has 0 radical (unpaired) electrons. The number of rotatable bonds is 10. The summed E-state index contributed by atoms with van der Waals surface area (Å²) in [6.45, 7) is 9.71. The van der Waals surface area contributed by atoms with E-state index in [1.165, 1.54) is 0 Å². The zero-order chi connectivity index (χ0) is 30.3. The van der Waals surface area contributed by atoms with Gasteiger partial charge in [-0.2, -0.15) is 0 Å². The molecule has 0 aliphatic carbocycles. The molecule has 0 atom stereocenters. The fourth-order valence-corrected chi connectivity index (χ4v) is 4.70. The van der Waals surface area contributed by atoms with Crippen molar-refractivity contribution in [3.8, 4) is 22.4 Å². The Kier molecular flexibility index (Phi) is 9.73. The van der Waals surface area contributed by atoms with Crippen molar-refractivity contribution in [3.63, 3.8) is 0 Å². The lowest BCUT2D eigenvalue weighted by molar-refractivity contribution is 0.00701. The second-order valence-electron chi connectivity index (χ2n) is 11.1. The number of benzene rings is 3. The molecular weight excluding hydrogens is 528 g/mol. The molecule has 0 aliphatic heterocycles. The van der Waals surface area contributed by atoms with Crippen LogP contribution in [0.25, 0.3) is 22.4 Å². The normalized spacial score (nSPS) is 11.3. The second kappa shape index (κ2) is 13.4. The van der Waals surface area contributed by atoms with Crippen LogP contribution in [0.15, 0.2) is 83.7 Å². The molecule has 4 rings (SSSR count). The summed E-state index contributed by atoms with van der Waals surface area (Å²) in [7, 11) is 0. The van der Waals surface area contributed by atoms with Crippen LogP contribution in [0.1, 0.15) is 79.6 Å². The number of esters is 2. The average Bonchev–Trinajstić information content (AvgIpc) is 2.97. The van der Waals surface area contributed by atoms with Gasteiger partial charge in [0.2, 0.25) is 0 Å². The zero-order valence-electron chi connectivity index (χ0n) is 25.0. The van der Waals surface area contributed by atoms with Gasteiger partial charge in [-0.1, -0.05) is 86.1 Å². The Hall–Kier alpha value is -4.52. The lowest BCUT2D eigenvalue weighted by Gasteiger charge is -2.20. The summed E-state index contributed by atoms with van der Waals surface area (Å²) in [4.78, 5) is 44.8. The van der Waals surface area contributed by atoms with Crippen LogP contribution in [-0.4, -0.2) is 33.7 Å². The van der Waals surface area contributed by atoms with Crippen LogP contribution < -0.4 is 5.56 Å². The Morgan fingerprint density at radius 2 is 1.50 bits per heavy atom. The molecule has 7 nitrogen and oxygen atoms in total. The van der Waals surface area contributed by atoms with Crippen LogP contribution in [0.5, 0.6) is 0 Å². The van der Waals surface area contributed by atoms with E-state index >= 15 is 0 Å². The maximum Gasteiger partial charge on any atom is 0.346 e. The molecule has 0 spiro atoms. The van der Waals surface area contributed by atoms with E-state index in [0.29, 0.717) is 29.1 Å². The van der Waals surface area contributed by atoms with Crippen molar-refractivity contribution < 1.29 is 19.1 Å². The fraction of sp³-hybridized carbons (Fsp3) is 0.314. The summed E-state index contributed by atoms with van der Waals surface area (Å²) < 4.78 is 12.5. The minimum Gasteiger partial charge on any atom is -0.462 e. The summed E-state index contributed by atoms with van der Waals surface area (Å²) in [5.41, 5.74) is 2.89. The third-order valence-electron chi connectivity index (χ3n) is 6.68. The van der Waals surface area contributed by atoms with Gasteiger partial charge >= 0.3 is 11.9 Å². The van der Waals surface area contributed by atoms with Crippen molar-refractivity contribution in [3.05, 3.63) is 112 Å². The molecule has 1 aromatic heterocycles. The van der Waals surface area contributed by atoms with Crippen molar-refractivity contribution in [1.29, 1.82) is 0 Å². The molecule has 0 bridgehead atoms. The first-order chi connectivity index (χ1) is 20.1. The highest BCUT2D eigenvalue weighted by molar-refractivity contribution is 5.97. The van der Waals surface area contributed by atoms with Crippen molar-refractivity contribution in [2.75, 3.05) is 6.61 Å². The van der Waals surface area contributed by atoms with Gasteiger partial charge in [0.1, 0.15) is 11.4 Å². The number of carbonyl (C=O) groups is 2. The second-order valence-corrected chi connectivity index (χ2v) is 11.1. The number of nitrogens with zero attached hydrogens (tertiary/aromatic N) is 2. The van der Waals surface area contributed by atoms with E-state index in [4.69, 9.17) is 14.5 Å². The van der Waals surface area contributed by atoms with Crippen LogP contribution in [-0.2, 0) is 22.4 Å². The lowest BCUT2D eigenvalue weighted by atomic mass is 9.98. The maximum absolute atomic E-state index is 14.0. The molecule has 0 N–H and O–H groups in total. The Labute approximate surface area is 247 Å². The molecule has 0 saturated heterocycles. The molecule has 1 heterocycles. The molecule has 0 aliphatic rings. The lowest BCUT2D eigenvalue weighted by Crippen LogP contribution is -2.32. The first kappa shape index (κ1) is 30.4. The minimum atomic E-state index is -0.682. The standard InChI is InChI=1S/C35H38N2O5/c1-6-8-18-29-36-31(26-14-10-9-11-15-26)30(34(40)41-7-2)32(38)37(29)23-24-19-21-25(22-20-24)27-16-12-13-17-28(27)33(39)42-35(3,4)5/h9-17,19-22H,6-8,18,23H2,1-5H3. The van der Waals surface area contributed by atoms with E-state index in [9.17, 15) is 14.4 Å². The molecule has 4 aromatic rings. The number of ether oxygens (including phenoxy) is 2. The highest BCUT2D eigenvalue weighted by Gasteiger charge is 2.25. The van der Waals surface area contributed by atoms with Crippen LogP contribution in [0.2, 0.25) is 0 Å². The van der Waals surface area contributed by atoms with E-state index in [2.05, 4.69) is 6.92 Å². The minimum absolute atomic E-state index is 0.0637. The van der Waals surface area contributed by atoms with E-state index in [0.717, 1.165) is 29.5 Å². The van der Waals surface area contributed by atoms with Crippen molar-refractivity contribution in [2.24, 2.45) is 0 Å². The topological polar surface area (TPSA) is 87.5 Å². The third-order valence-corrected chi connectivity index (χ3v) is 6.68. The van der Waals surface area contributed by atoms with Crippen molar-refractivity contribution in [1.82, 2.24) is 9.55 Å². The smallest absolute Gasteiger partial charge is 0.346 e. The SMILES string of the molecule is CCCCc1nc(-c2ccccc2)c(C(=O)OCC)c(=O)n1Cc1ccc(-c2ccccc2C(=O)OC(C)(C)C)cc1. The van der Waals surface area contributed by atoms with E-state index in [-0.39, 0.29) is 24.7 Å². The zero-order valence-corrected chi connectivity index (χ0v) is 25.0. The quantitative estimate of drug-likeness (QED) is 0.190. The van der Waals surface area contributed by atoms with Gasteiger partial charge in [0, 0.05) is 12.0 Å². The fourth-order valence-electron chi connectivity index (χ4n) is 4.70. The highest BCUT2D eigenvalue weighted by Crippen LogP contribution is 2.27. The summed E-state index contributed by atoms with van der Waals surface area (Å²) in [6, 6.07) is 24.3. The number of hydrogen-bond acceptors (Lipinski definition) is 6. The van der Waals surface area contributed by atoms with Gasteiger partial charge in [-0.3, -0.25) is 9.36 Å². The number of aromatic nitrogens is 2. The molecule has 7 heteroatoms. The van der Waals surface area contributed by atoms with Gasteiger partial charge in [-0.05, 0) is 56.9 Å². The number of hydrogen-bond donors (Lipinski definition) is 0. The Morgan fingerprint density at radius 3 is 2.14 bits per heavy atom. The molecule has 0 unspecified atom stereocenters. The highest BCUT2D eigenvalue weighted by atomic mass is 16.6. The largest absolute Gasteiger partial charge is 0.462 e. The van der Waals surface area contributed by atoms with Gasteiger partial charge in [-0.15, -0.1) is 0 Å². The van der Waals surface area contributed by atoms with Crippen molar-refractivity contribution >= 4 is 11.9 Å². The molecule has 218 valence electrons. The van der Waals surface area contributed by atoms with E-state index in [1.807, 2.05) is 93.6 Å². The van der Waals surface area contributed by atoms with Crippen LogP contribution in [0.4, 0.5) is 0 Å². The molecule has 0 saturated carbocycles. The monoisotopic (exact) mass is 566 g/mol. The molecule has 42 heavy (non-hydrogen) atoms. The van der Waals surface area contributed by atoms with Crippen molar-refractivity contribution in [2.45, 2.75) is 66.0 Å². The van der Waals surface area contributed by atoms with Gasteiger partial charge in [-0.25, -0.2) is 14.6 Å². The third kappa shape index (κ3) is 7.21. The van der Waals surface area contributed by atoms with Crippen LogP contribution >= 0.6 is 0 Å². The van der Waals surface area contributed by atoms with Gasteiger partial charge in [0.25, 0.3) is 5.56 Å². The first-order valence-corrected chi connectivity index (χ1v) is 14.4. The molecule has 3 aromatic carbocycles. The summed E-state index contributed by atoms with van der Waals surface area (Å²) in [6.07, 6.45) is 2.37. The van der Waals surface area contributed by atoms with Crippen LogP contribution in [0.3, 0.4) is 0 Å². The first-order valence-electron chi connectivity index (χ1n) is 14.4. The Bertz CT molecular complexity index is 1600. The van der Waals surface area contributed by atoms with Gasteiger partial charge in [0.15, 0.2) is 5.56 Å². The number of carbonyl (C=O) groups excluding carboxylic acids is 2. The Balaban J connectivity index is 1.75. The number of unbranched alkanes of at least 4 members (excludes halogenated alkanes) is 1. The predicted octanol–water partition coefficient (Wildman–Crippen LogP) is 7.10. The van der Waals surface area contributed by atoms with Gasteiger partial charge in [0.05, 0.1) is 24.4 Å². The average molecular weight is 567 g/mol.